The molecule has 2 aliphatic heterocycles. The van der Waals surface area contributed by atoms with Crippen LogP contribution in [0.1, 0.15) is 59.8 Å². The van der Waals surface area contributed by atoms with Crippen molar-refractivity contribution in [2.75, 3.05) is 59.4 Å². The van der Waals surface area contributed by atoms with Crippen LogP contribution in [0.4, 0.5) is 0 Å². The molecule has 138 valence electrons. The lowest BCUT2D eigenvalue weighted by Gasteiger charge is -2.36. The fraction of sp³-hybridized carbons (Fsp3) is 1.00. The monoisotopic (exact) mass is 325 g/mol. The molecule has 0 atom stereocenters. The summed E-state index contributed by atoms with van der Waals surface area (Å²) in [5.74, 6) is 1.90. The van der Waals surface area contributed by atoms with Gasteiger partial charge < -0.3 is 9.80 Å². The van der Waals surface area contributed by atoms with Crippen LogP contribution in [0.15, 0.2) is 0 Å². The molecule has 0 radical (unpaired) electrons. The summed E-state index contributed by atoms with van der Waals surface area (Å²) in [6.07, 6.45) is 7.24. The van der Waals surface area contributed by atoms with E-state index in [1.807, 2.05) is 13.8 Å². The first-order valence-corrected chi connectivity index (χ1v) is 10.3. The lowest BCUT2D eigenvalue weighted by molar-refractivity contribution is 0.118. The molecule has 3 heteroatoms. The van der Waals surface area contributed by atoms with Crippen LogP contribution in [0.3, 0.4) is 0 Å². The Kier molecular flexibility index (Phi) is 11.2. The van der Waals surface area contributed by atoms with Gasteiger partial charge in [0.05, 0.1) is 0 Å². The Morgan fingerprint density at radius 1 is 0.826 bits per heavy atom. The van der Waals surface area contributed by atoms with Crippen LogP contribution in [0, 0.1) is 11.8 Å². The highest BCUT2D eigenvalue weighted by molar-refractivity contribution is 4.75. The van der Waals surface area contributed by atoms with E-state index in [9.17, 15) is 0 Å². The number of likely N-dealkylation sites (tertiary alicyclic amines) is 1. The zero-order valence-corrected chi connectivity index (χ0v) is 16.7. The molecule has 0 amide bonds. The summed E-state index contributed by atoms with van der Waals surface area (Å²) < 4.78 is 0. The van der Waals surface area contributed by atoms with Gasteiger partial charge in [0.2, 0.25) is 0 Å². The molecule has 0 N–H and O–H groups in total. The summed E-state index contributed by atoms with van der Waals surface area (Å²) >= 11 is 0. The van der Waals surface area contributed by atoms with E-state index in [4.69, 9.17) is 0 Å². The Morgan fingerprint density at radius 3 is 1.87 bits per heavy atom. The van der Waals surface area contributed by atoms with Crippen molar-refractivity contribution in [2.45, 2.75) is 59.8 Å². The minimum Gasteiger partial charge on any atom is -0.304 e. The highest BCUT2D eigenvalue weighted by Gasteiger charge is 2.20. The van der Waals surface area contributed by atoms with Crippen molar-refractivity contribution in [3.8, 4) is 0 Å². The van der Waals surface area contributed by atoms with Crippen LogP contribution in [-0.2, 0) is 0 Å². The predicted octanol–water partition coefficient (Wildman–Crippen LogP) is 3.80. The van der Waals surface area contributed by atoms with Gasteiger partial charge in [0.25, 0.3) is 0 Å². The van der Waals surface area contributed by atoms with Crippen LogP contribution >= 0.6 is 0 Å². The number of nitrogens with zero attached hydrogens (tertiary/aromatic N) is 3. The minimum absolute atomic E-state index is 0.883. The van der Waals surface area contributed by atoms with Gasteiger partial charge in [0.1, 0.15) is 0 Å². The second-order valence-electron chi connectivity index (χ2n) is 7.75. The molecule has 2 saturated heterocycles. The lowest BCUT2D eigenvalue weighted by atomic mass is 9.90. The van der Waals surface area contributed by atoms with Gasteiger partial charge in [-0.1, -0.05) is 47.0 Å². The van der Waals surface area contributed by atoms with Gasteiger partial charge in [-0.25, -0.2) is 0 Å². The third-order valence-corrected chi connectivity index (χ3v) is 5.43. The Balaban J connectivity index is 0.00000127. The van der Waals surface area contributed by atoms with Crippen molar-refractivity contribution >= 4 is 0 Å². The van der Waals surface area contributed by atoms with Gasteiger partial charge in [-0.15, -0.1) is 0 Å². The van der Waals surface area contributed by atoms with E-state index in [0.717, 1.165) is 11.8 Å². The van der Waals surface area contributed by atoms with E-state index >= 15 is 0 Å². The largest absolute Gasteiger partial charge is 0.304 e. The van der Waals surface area contributed by atoms with Crippen LogP contribution in [0.25, 0.3) is 0 Å². The van der Waals surface area contributed by atoms with Crippen molar-refractivity contribution in [1.29, 1.82) is 0 Å². The second kappa shape index (κ2) is 12.3. The maximum atomic E-state index is 2.71. The van der Waals surface area contributed by atoms with Crippen LogP contribution in [-0.4, -0.2) is 74.1 Å². The first-order valence-electron chi connectivity index (χ1n) is 10.3. The maximum Gasteiger partial charge on any atom is 0.0110 e. The SMILES string of the molecule is CC.CC(C)CCCC1CCN(CCN2CCN(C)CC2)CC1. The normalized spacial score (nSPS) is 22.2. The van der Waals surface area contributed by atoms with Crippen molar-refractivity contribution in [3.05, 3.63) is 0 Å². The molecular weight excluding hydrogens is 282 g/mol. The molecule has 0 bridgehead atoms. The number of piperidine rings is 1. The number of rotatable bonds is 7. The van der Waals surface area contributed by atoms with E-state index in [2.05, 4.69) is 35.6 Å². The maximum absolute atomic E-state index is 2.71. The molecule has 2 aliphatic rings. The molecule has 2 rings (SSSR count). The topological polar surface area (TPSA) is 9.72 Å². The third kappa shape index (κ3) is 9.07. The average molecular weight is 326 g/mol. The fourth-order valence-corrected chi connectivity index (χ4v) is 3.67. The summed E-state index contributed by atoms with van der Waals surface area (Å²) in [5.41, 5.74) is 0. The van der Waals surface area contributed by atoms with E-state index in [1.54, 1.807) is 0 Å². The summed E-state index contributed by atoms with van der Waals surface area (Å²) in [4.78, 5) is 7.80. The Hall–Kier alpha value is -0.120. The quantitative estimate of drug-likeness (QED) is 0.705. The van der Waals surface area contributed by atoms with Crippen molar-refractivity contribution in [1.82, 2.24) is 14.7 Å². The second-order valence-corrected chi connectivity index (χ2v) is 7.75. The van der Waals surface area contributed by atoms with Crippen molar-refractivity contribution < 1.29 is 0 Å². The Morgan fingerprint density at radius 2 is 1.35 bits per heavy atom. The van der Waals surface area contributed by atoms with Gasteiger partial charge >= 0.3 is 0 Å². The van der Waals surface area contributed by atoms with Crippen LogP contribution < -0.4 is 0 Å². The molecule has 2 fully saturated rings. The molecule has 0 aromatic heterocycles. The smallest absolute Gasteiger partial charge is 0.0110 e. The summed E-state index contributed by atoms with van der Waals surface area (Å²) in [6.45, 7) is 19.0. The van der Waals surface area contributed by atoms with E-state index in [1.165, 1.54) is 84.5 Å². The summed E-state index contributed by atoms with van der Waals surface area (Å²) in [5, 5.41) is 0. The number of hydrogen-bond donors (Lipinski definition) is 0. The molecule has 3 nitrogen and oxygen atoms in total. The predicted molar refractivity (Wildman–Crippen MR) is 103 cm³/mol. The van der Waals surface area contributed by atoms with E-state index in [-0.39, 0.29) is 0 Å². The highest BCUT2D eigenvalue weighted by Crippen LogP contribution is 2.23. The number of piperazine rings is 1. The van der Waals surface area contributed by atoms with E-state index in [0.29, 0.717) is 0 Å². The van der Waals surface area contributed by atoms with Crippen molar-refractivity contribution in [3.63, 3.8) is 0 Å². The molecule has 23 heavy (non-hydrogen) atoms. The summed E-state index contributed by atoms with van der Waals surface area (Å²) in [6, 6.07) is 0. The molecule has 2 heterocycles. The lowest BCUT2D eigenvalue weighted by Crippen LogP contribution is -2.47. The van der Waals surface area contributed by atoms with Gasteiger partial charge in [-0.05, 0) is 44.8 Å². The van der Waals surface area contributed by atoms with Gasteiger partial charge in [0.15, 0.2) is 0 Å². The first-order chi connectivity index (χ1) is 11.1. The molecule has 0 saturated carbocycles. The standard InChI is InChI=1S/C18H37N3.C2H6/c1-17(2)5-4-6-18-7-9-20(10-8-18)15-16-21-13-11-19(3)12-14-21;1-2/h17-18H,4-16H2,1-3H3;1-2H3. The van der Waals surface area contributed by atoms with E-state index < -0.39 is 0 Å². The first kappa shape index (κ1) is 20.9. The van der Waals surface area contributed by atoms with Crippen LogP contribution in [0.5, 0.6) is 0 Å². The zero-order valence-electron chi connectivity index (χ0n) is 16.7. The average Bonchev–Trinajstić information content (AvgIpc) is 2.57. The third-order valence-electron chi connectivity index (χ3n) is 5.43. The molecule has 0 aromatic rings. The highest BCUT2D eigenvalue weighted by atomic mass is 15.3. The van der Waals surface area contributed by atoms with Gasteiger partial charge in [0, 0.05) is 39.3 Å². The van der Waals surface area contributed by atoms with Crippen molar-refractivity contribution in [2.24, 2.45) is 11.8 Å². The number of likely N-dealkylation sites (N-methyl/N-ethyl adjacent to an activating group) is 1. The summed E-state index contributed by atoms with van der Waals surface area (Å²) in [7, 11) is 2.24. The van der Waals surface area contributed by atoms with Gasteiger partial charge in [-0.2, -0.15) is 0 Å². The minimum atomic E-state index is 0.883. The van der Waals surface area contributed by atoms with Gasteiger partial charge in [-0.3, -0.25) is 4.90 Å². The Bertz CT molecular complexity index is 264. The molecule has 0 spiro atoms. The molecular formula is C20H43N3. The zero-order chi connectivity index (χ0) is 17.1. The fourth-order valence-electron chi connectivity index (χ4n) is 3.67. The number of hydrogen-bond acceptors (Lipinski definition) is 3. The molecule has 0 unspecified atom stereocenters. The Labute approximate surface area is 146 Å². The molecule has 0 aliphatic carbocycles. The van der Waals surface area contributed by atoms with Crippen LogP contribution in [0.2, 0.25) is 0 Å². The molecule has 0 aromatic carbocycles.